The van der Waals surface area contributed by atoms with Crippen LogP contribution in [0.4, 0.5) is 0 Å². The molecule has 1 atom stereocenters. The van der Waals surface area contributed by atoms with Crippen LogP contribution in [0.25, 0.3) is 0 Å². The molecule has 0 saturated heterocycles. The van der Waals surface area contributed by atoms with E-state index in [4.69, 9.17) is 5.73 Å². The number of rotatable bonds is 9. The van der Waals surface area contributed by atoms with Crippen molar-refractivity contribution in [1.29, 1.82) is 0 Å². The predicted octanol–water partition coefficient (Wildman–Crippen LogP) is 3.56. The highest BCUT2D eigenvalue weighted by Crippen LogP contribution is 2.60. The van der Waals surface area contributed by atoms with Gasteiger partial charge in [0.2, 0.25) is 0 Å². The van der Waals surface area contributed by atoms with Crippen molar-refractivity contribution in [2.75, 3.05) is 19.6 Å². The molecular formula is C17H34N2. The normalized spacial score (nSPS) is 23.4. The van der Waals surface area contributed by atoms with Crippen LogP contribution in [-0.2, 0) is 0 Å². The maximum atomic E-state index is 5.75. The van der Waals surface area contributed by atoms with Crippen molar-refractivity contribution in [3.05, 3.63) is 0 Å². The van der Waals surface area contributed by atoms with Crippen LogP contribution in [0.1, 0.15) is 65.7 Å². The molecule has 0 spiro atoms. The van der Waals surface area contributed by atoms with Crippen LogP contribution in [0.5, 0.6) is 0 Å². The first kappa shape index (κ1) is 15.3. The van der Waals surface area contributed by atoms with E-state index in [1.165, 1.54) is 58.0 Å². The molecule has 2 fully saturated rings. The summed E-state index contributed by atoms with van der Waals surface area (Å²) in [6, 6.07) is 0. The van der Waals surface area contributed by atoms with Gasteiger partial charge < -0.3 is 11.1 Å². The van der Waals surface area contributed by atoms with E-state index in [9.17, 15) is 0 Å². The molecule has 2 nitrogen and oxygen atoms in total. The highest BCUT2D eigenvalue weighted by atomic mass is 14.9. The molecule has 0 radical (unpaired) electrons. The van der Waals surface area contributed by atoms with Crippen molar-refractivity contribution in [2.45, 2.75) is 65.7 Å². The molecule has 0 aliphatic heterocycles. The van der Waals surface area contributed by atoms with Gasteiger partial charge in [0.1, 0.15) is 0 Å². The van der Waals surface area contributed by atoms with E-state index in [0.29, 0.717) is 5.41 Å². The fraction of sp³-hybridized carbons (Fsp3) is 1.00. The zero-order chi connectivity index (χ0) is 13.9. The molecule has 112 valence electrons. The Morgan fingerprint density at radius 2 is 1.89 bits per heavy atom. The molecule has 2 heteroatoms. The van der Waals surface area contributed by atoms with Gasteiger partial charge in [-0.25, -0.2) is 0 Å². The summed E-state index contributed by atoms with van der Waals surface area (Å²) < 4.78 is 0. The Bertz CT molecular complexity index is 271. The molecule has 0 aromatic rings. The maximum Gasteiger partial charge on any atom is 0.00105 e. The Balaban J connectivity index is 1.57. The Hall–Kier alpha value is -0.0800. The Kier molecular flexibility index (Phi) is 4.94. The molecule has 0 bridgehead atoms. The standard InChI is InChI=1S/C17H34N2/c1-16(2,3)14(8-11-18)5-4-12-19-13-17(9-10-17)15-6-7-15/h14-15,19H,4-13,18H2,1-3H3. The number of nitrogens with two attached hydrogens (primary N) is 1. The number of hydrogen-bond acceptors (Lipinski definition) is 2. The largest absolute Gasteiger partial charge is 0.330 e. The highest BCUT2D eigenvalue weighted by molar-refractivity contribution is 5.04. The summed E-state index contributed by atoms with van der Waals surface area (Å²) >= 11 is 0. The van der Waals surface area contributed by atoms with Crippen LogP contribution >= 0.6 is 0 Å². The van der Waals surface area contributed by atoms with Gasteiger partial charge in [-0.2, -0.15) is 0 Å². The van der Waals surface area contributed by atoms with Gasteiger partial charge in [0.25, 0.3) is 0 Å². The Morgan fingerprint density at radius 3 is 2.37 bits per heavy atom. The fourth-order valence-electron chi connectivity index (χ4n) is 3.61. The zero-order valence-electron chi connectivity index (χ0n) is 13.3. The minimum absolute atomic E-state index is 0.408. The van der Waals surface area contributed by atoms with E-state index >= 15 is 0 Å². The summed E-state index contributed by atoms with van der Waals surface area (Å²) in [6.07, 6.45) is 9.79. The van der Waals surface area contributed by atoms with Gasteiger partial charge >= 0.3 is 0 Å². The topological polar surface area (TPSA) is 38.0 Å². The molecule has 2 aliphatic carbocycles. The van der Waals surface area contributed by atoms with Crippen molar-refractivity contribution < 1.29 is 0 Å². The van der Waals surface area contributed by atoms with Gasteiger partial charge in [-0.3, -0.25) is 0 Å². The summed E-state index contributed by atoms with van der Waals surface area (Å²) in [5.74, 6) is 1.86. The first-order chi connectivity index (χ1) is 8.98. The predicted molar refractivity (Wildman–Crippen MR) is 83.1 cm³/mol. The maximum absolute atomic E-state index is 5.75. The monoisotopic (exact) mass is 266 g/mol. The zero-order valence-corrected chi connectivity index (χ0v) is 13.3. The highest BCUT2D eigenvalue weighted by Gasteiger charge is 2.53. The van der Waals surface area contributed by atoms with Crippen molar-refractivity contribution in [3.8, 4) is 0 Å². The van der Waals surface area contributed by atoms with Gasteiger partial charge in [0.15, 0.2) is 0 Å². The van der Waals surface area contributed by atoms with Crippen LogP contribution in [0, 0.1) is 22.7 Å². The van der Waals surface area contributed by atoms with Crippen LogP contribution < -0.4 is 11.1 Å². The third kappa shape index (κ3) is 4.46. The Morgan fingerprint density at radius 1 is 1.21 bits per heavy atom. The van der Waals surface area contributed by atoms with Gasteiger partial charge in [0, 0.05) is 6.54 Å². The van der Waals surface area contributed by atoms with Gasteiger partial charge in [-0.05, 0) is 80.7 Å². The minimum Gasteiger partial charge on any atom is -0.330 e. The van der Waals surface area contributed by atoms with Crippen molar-refractivity contribution in [1.82, 2.24) is 5.32 Å². The second-order valence-corrected chi connectivity index (χ2v) is 8.10. The Labute approximate surface area is 119 Å². The van der Waals surface area contributed by atoms with Crippen molar-refractivity contribution >= 4 is 0 Å². The minimum atomic E-state index is 0.408. The summed E-state index contributed by atoms with van der Waals surface area (Å²) in [5, 5.41) is 3.73. The molecule has 3 N–H and O–H groups in total. The van der Waals surface area contributed by atoms with Crippen molar-refractivity contribution in [2.24, 2.45) is 28.4 Å². The van der Waals surface area contributed by atoms with E-state index < -0.39 is 0 Å². The number of nitrogens with one attached hydrogen (secondary N) is 1. The summed E-state index contributed by atoms with van der Waals surface area (Å²) in [6.45, 7) is 10.4. The average molecular weight is 266 g/mol. The van der Waals surface area contributed by atoms with Gasteiger partial charge in [-0.1, -0.05) is 20.8 Å². The summed E-state index contributed by atoms with van der Waals surface area (Å²) in [4.78, 5) is 0. The van der Waals surface area contributed by atoms with Crippen molar-refractivity contribution in [3.63, 3.8) is 0 Å². The van der Waals surface area contributed by atoms with Crippen LogP contribution in [-0.4, -0.2) is 19.6 Å². The van der Waals surface area contributed by atoms with E-state index in [1.54, 1.807) is 0 Å². The van der Waals surface area contributed by atoms with E-state index in [-0.39, 0.29) is 0 Å². The molecule has 0 aromatic carbocycles. The first-order valence-corrected chi connectivity index (χ1v) is 8.39. The molecule has 1 unspecified atom stereocenters. The molecule has 2 saturated carbocycles. The van der Waals surface area contributed by atoms with Gasteiger partial charge in [0.05, 0.1) is 0 Å². The third-order valence-electron chi connectivity index (χ3n) is 5.46. The van der Waals surface area contributed by atoms with Gasteiger partial charge in [-0.15, -0.1) is 0 Å². The smallest absolute Gasteiger partial charge is 0.00105 e. The number of hydrogen-bond donors (Lipinski definition) is 2. The lowest BCUT2D eigenvalue weighted by Crippen LogP contribution is -2.28. The SMILES string of the molecule is CC(C)(C)C(CCN)CCCNCC1(C2CC2)CC1. The average Bonchev–Trinajstić information content (AvgIpc) is 3.17. The molecule has 0 heterocycles. The lowest BCUT2D eigenvalue weighted by atomic mass is 9.76. The molecule has 2 aliphatic rings. The first-order valence-electron chi connectivity index (χ1n) is 8.39. The second-order valence-electron chi connectivity index (χ2n) is 8.10. The molecule has 19 heavy (non-hydrogen) atoms. The second kappa shape index (κ2) is 6.13. The van der Waals surface area contributed by atoms with Crippen LogP contribution in [0.3, 0.4) is 0 Å². The summed E-state index contributed by atoms with van der Waals surface area (Å²) in [5.41, 5.74) is 6.90. The summed E-state index contributed by atoms with van der Waals surface area (Å²) in [7, 11) is 0. The molecule has 0 amide bonds. The molecule has 0 aromatic heterocycles. The lowest BCUT2D eigenvalue weighted by molar-refractivity contribution is 0.210. The molecule has 2 rings (SSSR count). The molecular weight excluding hydrogens is 232 g/mol. The fourth-order valence-corrected chi connectivity index (χ4v) is 3.61. The quantitative estimate of drug-likeness (QED) is 0.626. The van der Waals surface area contributed by atoms with Crippen LogP contribution in [0.2, 0.25) is 0 Å². The van der Waals surface area contributed by atoms with Crippen LogP contribution in [0.15, 0.2) is 0 Å². The van der Waals surface area contributed by atoms with E-state index in [2.05, 4.69) is 26.1 Å². The van der Waals surface area contributed by atoms with E-state index in [0.717, 1.165) is 23.8 Å². The third-order valence-corrected chi connectivity index (χ3v) is 5.46. The lowest BCUT2D eigenvalue weighted by Gasteiger charge is -2.30. The van der Waals surface area contributed by atoms with E-state index in [1.807, 2.05) is 0 Å².